The van der Waals surface area contributed by atoms with Crippen LogP contribution in [0.3, 0.4) is 0 Å². The number of aliphatic carboxylic acids is 1. The number of urea groups is 1. The number of carbonyl (C=O) groups excluding carboxylic acids is 2. The summed E-state index contributed by atoms with van der Waals surface area (Å²) in [6.45, 7) is 8.38. The van der Waals surface area contributed by atoms with Gasteiger partial charge in [-0.15, -0.1) is 0 Å². The molecule has 8 nitrogen and oxygen atoms in total. The second-order valence-corrected chi connectivity index (χ2v) is 9.02. The third-order valence-electron chi connectivity index (χ3n) is 6.83. The van der Waals surface area contributed by atoms with Crippen molar-refractivity contribution in [2.75, 3.05) is 6.61 Å². The number of amides is 3. The van der Waals surface area contributed by atoms with E-state index >= 15 is 0 Å². The summed E-state index contributed by atoms with van der Waals surface area (Å²) in [5.41, 5.74) is 0.783. The molecule has 1 fully saturated rings. The van der Waals surface area contributed by atoms with Gasteiger partial charge in [-0.2, -0.15) is 0 Å². The summed E-state index contributed by atoms with van der Waals surface area (Å²) in [5, 5.41) is 12.0. The highest BCUT2D eigenvalue weighted by molar-refractivity contribution is 6.03. The number of carbonyl (C=O) groups is 3. The number of carboxylic acid groups (broad SMARTS) is 1. The van der Waals surface area contributed by atoms with E-state index in [2.05, 4.69) is 5.32 Å². The summed E-state index contributed by atoms with van der Waals surface area (Å²) >= 11 is 0. The van der Waals surface area contributed by atoms with Gasteiger partial charge in [0.05, 0.1) is 19.1 Å². The Balaban J connectivity index is 1.80. The Morgan fingerprint density at radius 1 is 1.00 bits per heavy atom. The molecule has 3 rings (SSSR count). The second kappa shape index (κ2) is 11.9. The molecule has 1 aliphatic heterocycles. The highest BCUT2D eigenvalue weighted by atomic mass is 16.5. The summed E-state index contributed by atoms with van der Waals surface area (Å²) < 4.78 is 11.7. The first-order valence-electron chi connectivity index (χ1n) is 12.6. The minimum atomic E-state index is -0.916. The first-order chi connectivity index (χ1) is 17.3. The minimum absolute atomic E-state index is 0.0883. The highest BCUT2D eigenvalue weighted by Gasteiger charge is 2.63. The van der Waals surface area contributed by atoms with Crippen molar-refractivity contribution in [2.24, 2.45) is 5.41 Å². The molecule has 1 saturated heterocycles. The average molecular weight is 497 g/mol. The lowest BCUT2D eigenvalue weighted by atomic mass is 9.72. The fourth-order valence-corrected chi connectivity index (χ4v) is 4.68. The molecule has 2 N–H and O–H groups in total. The topological polar surface area (TPSA) is 105 Å². The predicted octanol–water partition coefficient (Wildman–Crippen LogP) is 5.32. The van der Waals surface area contributed by atoms with Gasteiger partial charge in [0.25, 0.3) is 0 Å². The van der Waals surface area contributed by atoms with Crippen molar-refractivity contribution in [3.8, 4) is 11.5 Å². The lowest BCUT2D eigenvalue weighted by molar-refractivity contribution is -0.191. The van der Waals surface area contributed by atoms with Crippen LogP contribution in [-0.2, 0) is 16.0 Å². The summed E-state index contributed by atoms with van der Waals surface area (Å²) in [6.07, 6.45) is 1.78. The number of hydrogen-bond donors (Lipinski definition) is 2. The number of imide groups is 1. The number of hydrogen-bond acceptors (Lipinski definition) is 5. The van der Waals surface area contributed by atoms with Gasteiger partial charge in [0.15, 0.2) is 6.23 Å². The van der Waals surface area contributed by atoms with Crippen molar-refractivity contribution in [3.05, 3.63) is 59.7 Å². The molecule has 1 aliphatic rings. The normalized spacial score (nSPS) is 17.2. The summed E-state index contributed by atoms with van der Waals surface area (Å²) in [4.78, 5) is 38.8. The number of likely N-dealkylation sites (tertiary alicyclic amines) is 1. The van der Waals surface area contributed by atoms with Crippen molar-refractivity contribution in [3.63, 3.8) is 0 Å². The van der Waals surface area contributed by atoms with Gasteiger partial charge in [0, 0.05) is 0 Å². The lowest BCUT2D eigenvalue weighted by Gasteiger charge is -2.53. The van der Waals surface area contributed by atoms with E-state index in [1.165, 1.54) is 4.90 Å². The van der Waals surface area contributed by atoms with E-state index in [9.17, 15) is 14.4 Å². The van der Waals surface area contributed by atoms with Crippen molar-refractivity contribution in [1.29, 1.82) is 0 Å². The zero-order valence-electron chi connectivity index (χ0n) is 21.5. The molecule has 3 amide bonds. The molecule has 1 heterocycles. The highest BCUT2D eigenvalue weighted by Crippen LogP contribution is 2.46. The number of rotatable bonds is 12. The molecule has 194 valence electrons. The molecule has 0 aromatic heterocycles. The van der Waals surface area contributed by atoms with Gasteiger partial charge in [-0.1, -0.05) is 51.5 Å². The van der Waals surface area contributed by atoms with E-state index in [1.54, 1.807) is 24.3 Å². The smallest absolute Gasteiger partial charge is 0.327 e. The van der Waals surface area contributed by atoms with Crippen molar-refractivity contribution in [1.82, 2.24) is 10.2 Å². The molecular weight excluding hydrogens is 460 g/mol. The van der Waals surface area contributed by atoms with Crippen LogP contribution in [0, 0.1) is 5.41 Å². The first kappa shape index (κ1) is 27.0. The van der Waals surface area contributed by atoms with E-state index < -0.39 is 23.6 Å². The van der Waals surface area contributed by atoms with Crippen molar-refractivity contribution >= 4 is 17.9 Å². The van der Waals surface area contributed by atoms with Crippen LogP contribution in [0.25, 0.3) is 0 Å². The van der Waals surface area contributed by atoms with E-state index in [4.69, 9.17) is 14.6 Å². The first-order valence-corrected chi connectivity index (χ1v) is 12.6. The van der Waals surface area contributed by atoms with Gasteiger partial charge in [0.2, 0.25) is 5.91 Å². The molecule has 0 aliphatic carbocycles. The van der Waals surface area contributed by atoms with Crippen LogP contribution in [0.4, 0.5) is 4.79 Å². The molecule has 36 heavy (non-hydrogen) atoms. The van der Waals surface area contributed by atoms with Crippen LogP contribution in [0.15, 0.2) is 48.5 Å². The molecular formula is C28H36N2O6. The molecule has 0 radical (unpaired) electrons. The maximum Gasteiger partial charge on any atom is 0.327 e. The Bertz CT molecular complexity index is 1050. The molecule has 0 saturated carbocycles. The molecule has 8 heteroatoms. The summed E-state index contributed by atoms with van der Waals surface area (Å²) in [7, 11) is 0. The molecule has 0 spiro atoms. The molecule has 2 aromatic carbocycles. The summed E-state index contributed by atoms with van der Waals surface area (Å²) in [5.74, 6) is 0.0716. The number of β-lactam (4-membered cyclic amide) rings is 1. The number of benzene rings is 2. The largest absolute Gasteiger partial charge is 0.494 e. The third-order valence-corrected chi connectivity index (χ3v) is 6.83. The SMILES string of the molecule is CCC[C@@H](NC(=O)N1C(=O)C(CC)(CC)[C@@H]1Oc1ccc(CC(=O)O)cc1)c1ccc(OCC)cc1. The van der Waals surface area contributed by atoms with Crippen LogP contribution >= 0.6 is 0 Å². The zero-order chi connectivity index (χ0) is 26.3. The Morgan fingerprint density at radius 2 is 1.61 bits per heavy atom. The Hall–Kier alpha value is -3.55. The van der Waals surface area contributed by atoms with E-state index in [0.29, 0.717) is 37.2 Å². The van der Waals surface area contributed by atoms with Gasteiger partial charge < -0.3 is 19.9 Å². The molecule has 0 bridgehead atoms. The Morgan fingerprint density at radius 3 is 2.14 bits per heavy atom. The summed E-state index contributed by atoms with van der Waals surface area (Å²) in [6, 6.07) is 13.6. The predicted molar refractivity (Wildman–Crippen MR) is 136 cm³/mol. The maximum absolute atomic E-state index is 13.4. The van der Waals surface area contributed by atoms with E-state index in [1.807, 2.05) is 52.0 Å². The Kier molecular flexibility index (Phi) is 8.96. The average Bonchev–Trinajstić information content (AvgIpc) is 2.86. The Labute approximate surface area is 212 Å². The quantitative estimate of drug-likeness (QED) is 0.386. The third kappa shape index (κ3) is 5.64. The van der Waals surface area contributed by atoms with Crippen LogP contribution in [0.5, 0.6) is 11.5 Å². The number of carboxylic acids is 1. The monoisotopic (exact) mass is 496 g/mol. The van der Waals surface area contributed by atoms with Gasteiger partial charge in [-0.05, 0) is 61.6 Å². The number of nitrogens with zero attached hydrogens (tertiary/aromatic N) is 1. The molecule has 0 unspecified atom stereocenters. The minimum Gasteiger partial charge on any atom is -0.494 e. The molecule has 2 aromatic rings. The van der Waals surface area contributed by atoms with Gasteiger partial charge >= 0.3 is 12.0 Å². The fourth-order valence-electron chi connectivity index (χ4n) is 4.68. The van der Waals surface area contributed by atoms with Crippen LogP contribution in [0.2, 0.25) is 0 Å². The van der Waals surface area contributed by atoms with Gasteiger partial charge in [-0.25, -0.2) is 9.69 Å². The van der Waals surface area contributed by atoms with E-state index in [-0.39, 0.29) is 18.4 Å². The van der Waals surface area contributed by atoms with Crippen molar-refractivity contribution < 1.29 is 29.0 Å². The zero-order valence-corrected chi connectivity index (χ0v) is 21.5. The standard InChI is InChI=1S/C28H36N2O6/c1-5-9-23(20-12-16-21(17-13-20)35-8-4)29-27(34)30-25(33)28(6-2,7-3)26(30)36-22-14-10-19(11-15-22)18-24(31)32/h10-17,23,26H,5-9,18H2,1-4H3,(H,29,34)(H,31,32)/t23-,26+/m1/s1. The van der Waals surface area contributed by atoms with Gasteiger partial charge in [0.1, 0.15) is 16.9 Å². The number of ether oxygens (including phenoxy) is 2. The molecule has 2 atom stereocenters. The number of nitrogens with one attached hydrogen (secondary N) is 1. The fraction of sp³-hybridized carbons (Fsp3) is 0.464. The van der Waals surface area contributed by atoms with Crippen LogP contribution in [-0.4, -0.2) is 40.7 Å². The van der Waals surface area contributed by atoms with E-state index in [0.717, 1.165) is 17.7 Å². The van der Waals surface area contributed by atoms with Crippen molar-refractivity contribution in [2.45, 2.75) is 72.1 Å². The van der Waals surface area contributed by atoms with Crippen LogP contribution in [0.1, 0.15) is 70.5 Å². The van der Waals surface area contributed by atoms with Gasteiger partial charge in [-0.3, -0.25) is 9.59 Å². The maximum atomic E-state index is 13.4. The van der Waals surface area contributed by atoms with Crippen LogP contribution < -0.4 is 14.8 Å². The second-order valence-electron chi connectivity index (χ2n) is 9.02. The lowest BCUT2D eigenvalue weighted by Crippen LogP contribution is -2.73.